The van der Waals surface area contributed by atoms with Crippen molar-refractivity contribution in [3.8, 4) is 0 Å². The van der Waals surface area contributed by atoms with Gasteiger partial charge in [0.25, 0.3) is 0 Å². The van der Waals surface area contributed by atoms with Crippen LogP contribution in [-0.2, 0) is 14.3 Å². The van der Waals surface area contributed by atoms with E-state index in [4.69, 9.17) is 14.6 Å². The molecule has 12 heavy (non-hydrogen) atoms. The molecule has 0 aliphatic carbocycles. The van der Waals surface area contributed by atoms with E-state index in [-0.39, 0.29) is 0 Å². The first kappa shape index (κ1) is 9.22. The third-order valence-electron chi connectivity index (χ3n) is 1.60. The van der Waals surface area contributed by atoms with Crippen molar-refractivity contribution in [1.29, 1.82) is 0 Å². The van der Waals surface area contributed by atoms with Crippen molar-refractivity contribution >= 4 is 5.97 Å². The smallest absolute Gasteiger partial charge is 0.327 e. The number of hydrogen-bond donors (Lipinski definition) is 1. The average molecular weight is 172 g/mol. The van der Waals surface area contributed by atoms with Crippen LogP contribution >= 0.6 is 0 Å². The normalized spacial score (nSPS) is 20.0. The van der Waals surface area contributed by atoms with Crippen molar-refractivity contribution < 1.29 is 19.4 Å². The number of aliphatic carboxylic acids is 1. The van der Waals surface area contributed by atoms with Gasteiger partial charge >= 0.3 is 5.97 Å². The van der Waals surface area contributed by atoms with Crippen molar-refractivity contribution in [2.75, 3.05) is 20.0 Å². The van der Waals surface area contributed by atoms with E-state index in [1.54, 1.807) is 6.08 Å². The molecular weight excluding hydrogens is 160 g/mol. The van der Waals surface area contributed by atoms with Gasteiger partial charge in [-0.2, -0.15) is 0 Å². The molecule has 1 rings (SSSR count). The minimum Gasteiger partial charge on any atom is -0.478 e. The second-order valence-corrected chi connectivity index (χ2v) is 2.70. The van der Waals surface area contributed by atoms with E-state index < -0.39 is 5.97 Å². The number of allylic oxidation sites excluding steroid dienone is 1. The molecule has 1 fully saturated rings. The fourth-order valence-electron chi connectivity index (χ4n) is 1.03. The zero-order valence-electron chi connectivity index (χ0n) is 6.73. The Labute approximate surface area is 70.8 Å². The van der Waals surface area contributed by atoms with E-state index in [2.05, 4.69) is 0 Å². The van der Waals surface area contributed by atoms with Crippen LogP contribution in [0.4, 0.5) is 0 Å². The molecule has 0 atom stereocenters. The lowest BCUT2D eigenvalue weighted by Gasteiger charge is -2.20. The van der Waals surface area contributed by atoms with Gasteiger partial charge in [-0.05, 0) is 6.42 Å². The summed E-state index contributed by atoms with van der Waals surface area (Å²) in [5, 5.41) is 8.29. The van der Waals surface area contributed by atoms with E-state index in [1.807, 2.05) is 0 Å². The van der Waals surface area contributed by atoms with E-state index in [9.17, 15) is 4.79 Å². The summed E-state index contributed by atoms with van der Waals surface area (Å²) in [7, 11) is 0. The Bertz CT molecular complexity index is 170. The molecule has 1 heterocycles. The zero-order valence-corrected chi connectivity index (χ0v) is 6.73. The largest absolute Gasteiger partial charge is 0.478 e. The summed E-state index contributed by atoms with van der Waals surface area (Å²) in [4.78, 5) is 10.1. The molecule has 0 unspecified atom stereocenters. The minimum absolute atomic E-state index is 0.300. The molecule has 0 aromatic heterocycles. The molecule has 0 aromatic carbocycles. The van der Waals surface area contributed by atoms with Gasteiger partial charge in [-0.25, -0.2) is 4.79 Å². The molecule has 0 spiro atoms. The molecule has 4 nitrogen and oxygen atoms in total. The van der Waals surface area contributed by atoms with Crippen LogP contribution in [-0.4, -0.2) is 31.1 Å². The summed E-state index contributed by atoms with van der Waals surface area (Å²) in [6.45, 7) is 1.67. The maximum absolute atomic E-state index is 10.1. The van der Waals surface area contributed by atoms with Crippen molar-refractivity contribution in [1.82, 2.24) is 0 Å². The second kappa shape index (κ2) is 4.90. The van der Waals surface area contributed by atoms with Crippen molar-refractivity contribution in [3.63, 3.8) is 0 Å². The number of carboxylic acids is 1. The van der Waals surface area contributed by atoms with Crippen LogP contribution in [0.25, 0.3) is 0 Å². The molecule has 0 aromatic rings. The number of hydrogen-bond acceptors (Lipinski definition) is 3. The summed E-state index contributed by atoms with van der Waals surface area (Å²) in [6.07, 6.45) is 3.48. The van der Waals surface area contributed by atoms with Gasteiger partial charge in [0, 0.05) is 12.0 Å². The monoisotopic (exact) mass is 172 g/mol. The van der Waals surface area contributed by atoms with Crippen molar-refractivity contribution in [3.05, 3.63) is 12.2 Å². The van der Waals surface area contributed by atoms with Crippen LogP contribution in [0.1, 0.15) is 6.42 Å². The highest BCUT2D eigenvalue weighted by molar-refractivity contribution is 5.79. The zero-order chi connectivity index (χ0) is 8.81. The van der Waals surface area contributed by atoms with E-state index in [0.29, 0.717) is 32.3 Å². The molecule has 1 aliphatic rings. The Kier molecular flexibility index (Phi) is 3.76. The predicted molar refractivity (Wildman–Crippen MR) is 41.7 cm³/mol. The fraction of sp³-hybridized carbons (Fsp3) is 0.625. The van der Waals surface area contributed by atoms with Crippen LogP contribution in [0.15, 0.2) is 12.2 Å². The number of rotatable bonds is 3. The Morgan fingerprint density at radius 1 is 1.50 bits per heavy atom. The predicted octanol–water partition coefficient (Wildman–Crippen LogP) is 0.638. The Morgan fingerprint density at radius 3 is 2.75 bits per heavy atom. The quantitative estimate of drug-likeness (QED) is 0.634. The summed E-state index contributed by atoms with van der Waals surface area (Å²) in [6, 6.07) is 0. The summed E-state index contributed by atoms with van der Waals surface area (Å²) < 4.78 is 10.1. The highest BCUT2D eigenvalue weighted by Crippen LogP contribution is 2.09. The molecule has 0 saturated carbocycles. The molecule has 68 valence electrons. The molecular formula is C8H12O4. The number of carbonyl (C=O) groups is 1. The molecule has 1 aliphatic heterocycles. The van der Waals surface area contributed by atoms with Crippen molar-refractivity contribution in [2.24, 2.45) is 5.92 Å². The van der Waals surface area contributed by atoms with Crippen molar-refractivity contribution in [2.45, 2.75) is 6.42 Å². The lowest BCUT2D eigenvalue weighted by molar-refractivity contribution is -0.131. The van der Waals surface area contributed by atoms with Crippen LogP contribution in [0, 0.1) is 5.92 Å². The Balaban J connectivity index is 2.17. The van der Waals surface area contributed by atoms with Gasteiger partial charge in [-0.3, -0.25) is 0 Å². The lowest BCUT2D eigenvalue weighted by Crippen LogP contribution is -2.23. The maximum atomic E-state index is 10.1. The molecule has 1 N–H and O–H groups in total. The van der Waals surface area contributed by atoms with Gasteiger partial charge in [0.15, 0.2) is 0 Å². The van der Waals surface area contributed by atoms with Gasteiger partial charge in [-0.1, -0.05) is 6.08 Å². The summed E-state index contributed by atoms with van der Waals surface area (Å²) in [5.41, 5.74) is 0. The molecule has 0 bridgehead atoms. The van der Waals surface area contributed by atoms with E-state index >= 15 is 0 Å². The standard InChI is InChI=1S/C8H12O4/c9-8(10)3-1-2-7-4-11-6-12-5-7/h1,3,7H,2,4-6H2,(H,9,10). The third-order valence-corrected chi connectivity index (χ3v) is 1.60. The third kappa shape index (κ3) is 3.50. The van der Waals surface area contributed by atoms with Gasteiger partial charge < -0.3 is 14.6 Å². The van der Waals surface area contributed by atoms with Crippen LogP contribution in [0.5, 0.6) is 0 Å². The molecule has 0 radical (unpaired) electrons. The van der Waals surface area contributed by atoms with Gasteiger partial charge in [0.05, 0.1) is 13.2 Å². The van der Waals surface area contributed by atoms with E-state index in [1.165, 1.54) is 0 Å². The average Bonchev–Trinajstić information content (AvgIpc) is 2.05. The highest BCUT2D eigenvalue weighted by Gasteiger charge is 2.12. The topological polar surface area (TPSA) is 55.8 Å². The minimum atomic E-state index is -0.910. The molecule has 0 amide bonds. The van der Waals surface area contributed by atoms with Crippen LogP contribution in [0.3, 0.4) is 0 Å². The fourth-order valence-corrected chi connectivity index (χ4v) is 1.03. The summed E-state index contributed by atoms with van der Waals surface area (Å²) >= 11 is 0. The highest BCUT2D eigenvalue weighted by atomic mass is 16.7. The number of ether oxygens (including phenoxy) is 2. The first-order chi connectivity index (χ1) is 5.79. The Morgan fingerprint density at radius 2 is 2.17 bits per heavy atom. The van der Waals surface area contributed by atoms with Crippen LogP contribution < -0.4 is 0 Å². The first-order valence-corrected chi connectivity index (χ1v) is 3.84. The SMILES string of the molecule is O=C(O)C=CCC1COCOC1. The first-order valence-electron chi connectivity index (χ1n) is 3.84. The van der Waals surface area contributed by atoms with Gasteiger partial charge in [0.1, 0.15) is 6.79 Å². The maximum Gasteiger partial charge on any atom is 0.327 e. The molecule has 1 saturated heterocycles. The lowest BCUT2D eigenvalue weighted by atomic mass is 10.1. The van der Waals surface area contributed by atoms with Gasteiger partial charge in [-0.15, -0.1) is 0 Å². The Hall–Kier alpha value is -0.870. The summed E-state index contributed by atoms with van der Waals surface area (Å²) in [5.74, 6) is -0.609. The van der Waals surface area contributed by atoms with Crippen LogP contribution in [0.2, 0.25) is 0 Å². The molecule has 4 heteroatoms. The second-order valence-electron chi connectivity index (χ2n) is 2.70. The number of carboxylic acid groups (broad SMARTS) is 1. The van der Waals surface area contributed by atoms with Gasteiger partial charge in [0.2, 0.25) is 0 Å². The van der Waals surface area contributed by atoms with E-state index in [0.717, 1.165) is 6.08 Å².